The summed E-state index contributed by atoms with van der Waals surface area (Å²) in [5.74, 6) is 0.521. The Balaban J connectivity index is 1.56. The van der Waals surface area contributed by atoms with Crippen molar-refractivity contribution in [1.29, 1.82) is 0 Å². The molecule has 0 aliphatic heterocycles. The topological polar surface area (TPSA) is 84.9 Å². The number of amides is 1. The highest BCUT2D eigenvalue weighted by atomic mass is 16.5. The molecule has 3 rings (SSSR count). The van der Waals surface area contributed by atoms with Gasteiger partial charge in [0.05, 0.1) is 5.56 Å². The number of carboxylic acids is 1. The Morgan fingerprint density at radius 1 is 0.833 bits per heavy atom. The van der Waals surface area contributed by atoms with E-state index >= 15 is 0 Å². The summed E-state index contributed by atoms with van der Waals surface area (Å²) in [6.45, 7) is 5.62. The highest BCUT2D eigenvalue weighted by Gasteiger charge is 2.10. The van der Waals surface area contributed by atoms with Gasteiger partial charge in [-0.15, -0.1) is 0 Å². The van der Waals surface area contributed by atoms with Crippen LogP contribution in [0.2, 0.25) is 0 Å². The largest absolute Gasteiger partial charge is 0.484 e. The van der Waals surface area contributed by atoms with Gasteiger partial charge in [-0.05, 0) is 86.0 Å². The van der Waals surface area contributed by atoms with Gasteiger partial charge in [-0.3, -0.25) is 4.79 Å². The molecule has 1 amide bonds. The minimum absolute atomic E-state index is 0.108. The molecule has 0 saturated heterocycles. The maximum Gasteiger partial charge on any atom is 0.335 e. The van der Waals surface area contributed by atoms with Crippen LogP contribution in [0.3, 0.4) is 0 Å². The van der Waals surface area contributed by atoms with E-state index in [1.54, 1.807) is 37.3 Å². The molecule has 6 heteroatoms. The molecule has 3 aromatic rings. The predicted octanol–water partition coefficient (Wildman–Crippen LogP) is 5.12. The first-order chi connectivity index (χ1) is 14.3. The second kappa shape index (κ2) is 9.13. The Hall–Kier alpha value is -3.80. The molecule has 0 saturated carbocycles. The van der Waals surface area contributed by atoms with E-state index in [-0.39, 0.29) is 18.1 Å². The van der Waals surface area contributed by atoms with Crippen molar-refractivity contribution < 1.29 is 24.2 Å². The monoisotopic (exact) mass is 405 g/mol. The van der Waals surface area contributed by atoms with Crippen molar-refractivity contribution in [3.05, 3.63) is 82.9 Å². The zero-order chi connectivity index (χ0) is 21.7. The summed E-state index contributed by atoms with van der Waals surface area (Å²) >= 11 is 0. The van der Waals surface area contributed by atoms with Gasteiger partial charge in [-0.25, -0.2) is 4.79 Å². The number of aryl methyl sites for hydroxylation is 3. The first-order valence-electron chi connectivity index (χ1n) is 9.43. The summed E-state index contributed by atoms with van der Waals surface area (Å²) in [6.07, 6.45) is 0. The number of hydrogen-bond donors (Lipinski definition) is 2. The molecular weight excluding hydrogens is 382 g/mol. The van der Waals surface area contributed by atoms with Crippen LogP contribution in [0.5, 0.6) is 17.2 Å². The maximum atomic E-state index is 12.2. The van der Waals surface area contributed by atoms with Crippen molar-refractivity contribution in [3.63, 3.8) is 0 Å². The number of anilines is 1. The molecule has 0 aliphatic carbocycles. The van der Waals surface area contributed by atoms with Crippen LogP contribution in [-0.4, -0.2) is 23.6 Å². The Kier molecular flexibility index (Phi) is 6.37. The summed E-state index contributed by atoms with van der Waals surface area (Å²) in [6, 6.07) is 17.6. The maximum absolute atomic E-state index is 12.2. The van der Waals surface area contributed by atoms with E-state index < -0.39 is 5.97 Å². The van der Waals surface area contributed by atoms with Crippen molar-refractivity contribution in [2.24, 2.45) is 0 Å². The summed E-state index contributed by atoms with van der Waals surface area (Å²) in [7, 11) is 0. The highest BCUT2D eigenvalue weighted by Crippen LogP contribution is 2.25. The number of benzene rings is 3. The average Bonchev–Trinajstić information content (AvgIpc) is 2.68. The molecule has 0 heterocycles. The number of aromatic carboxylic acids is 1. The van der Waals surface area contributed by atoms with Crippen molar-refractivity contribution >= 4 is 17.6 Å². The molecule has 0 atom stereocenters. The van der Waals surface area contributed by atoms with E-state index in [4.69, 9.17) is 14.6 Å². The number of nitrogens with one attached hydrogen (secondary N) is 1. The zero-order valence-electron chi connectivity index (χ0n) is 17.1. The van der Waals surface area contributed by atoms with Crippen molar-refractivity contribution in [1.82, 2.24) is 0 Å². The number of ether oxygens (including phenoxy) is 2. The molecule has 0 radical (unpaired) electrons. The average molecular weight is 405 g/mol. The number of hydrogen-bond acceptors (Lipinski definition) is 4. The predicted molar refractivity (Wildman–Crippen MR) is 115 cm³/mol. The fraction of sp³-hybridized carbons (Fsp3) is 0.167. The van der Waals surface area contributed by atoms with Crippen molar-refractivity contribution in [2.45, 2.75) is 20.8 Å². The third-order valence-electron chi connectivity index (χ3n) is 4.38. The van der Waals surface area contributed by atoms with Crippen molar-refractivity contribution in [3.8, 4) is 17.2 Å². The molecule has 0 bridgehead atoms. The van der Waals surface area contributed by atoms with Gasteiger partial charge in [0.1, 0.15) is 17.2 Å². The Labute approximate surface area is 175 Å². The van der Waals surface area contributed by atoms with E-state index in [9.17, 15) is 9.59 Å². The van der Waals surface area contributed by atoms with Gasteiger partial charge in [-0.1, -0.05) is 12.1 Å². The SMILES string of the molecule is Cc1cc(C)cc(Oc2ccc(OCC(=O)Nc3cc(C(=O)O)ccc3C)cc2)c1. The molecule has 0 unspecified atom stereocenters. The Morgan fingerprint density at radius 3 is 2.10 bits per heavy atom. The standard InChI is InChI=1S/C24H23NO5/c1-15-10-16(2)12-21(11-15)30-20-8-6-19(7-9-20)29-14-23(26)25-22-13-18(24(27)28)5-4-17(22)3/h4-13H,14H2,1-3H3,(H,25,26)(H,27,28). The van der Waals surface area contributed by atoms with Crippen LogP contribution in [0.4, 0.5) is 5.69 Å². The number of carboxylic acid groups (broad SMARTS) is 1. The van der Waals surface area contributed by atoms with Gasteiger partial charge in [0.2, 0.25) is 0 Å². The summed E-state index contributed by atoms with van der Waals surface area (Å²) in [5.41, 5.74) is 3.57. The molecule has 3 aromatic carbocycles. The van der Waals surface area contributed by atoms with Crippen LogP contribution in [0, 0.1) is 20.8 Å². The van der Waals surface area contributed by atoms with E-state index in [1.807, 2.05) is 26.0 Å². The molecule has 154 valence electrons. The normalized spacial score (nSPS) is 10.4. The lowest BCUT2D eigenvalue weighted by Crippen LogP contribution is -2.20. The quantitative estimate of drug-likeness (QED) is 0.570. The number of carbonyl (C=O) groups is 2. The van der Waals surface area contributed by atoms with E-state index in [0.29, 0.717) is 17.2 Å². The third kappa shape index (κ3) is 5.61. The Morgan fingerprint density at radius 2 is 1.47 bits per heavy atom. The van der Waals surface area contributed by atoms with Crippen LogP contribution in [0.15, 0.2) is 60.7 Å². The molecule has 6 nitrogen and oxygen atoms in total. The van der Waals surface area contributed by atoms with Gasteiger partial charge in [0, 0.05) is 5.69 Å². The van der Waals surface area contributed by atoms with Crippen molar-refractivity contribution in [2.75, 3.05) is 11.9 Å². The molecular formula is C24H23NO5. The smallest absolute Gasteiger partial charge is 0.335 e. The fourth-order valence-corrected chi connectivity index (χ4v) is 2.96. The Bertz CT molecular complexity index is 1050. The minimum Gasteiger partial charge on any atom is -0.484 e. The molecule has 0 aliphatic rings. The molecule has 2 N–H and O–H groups in total. The first-order valence-corrected chi connectivity index (χ1v) is 9.43. The van der Waals surface area contributed by atoms with Crippen LogP contribution in [0.25, 0.3) is 0 Å². The van der Waals surface area contributed by atoms with Gasteiger partial charge >= 0.3 is 5.97 Å². The van der Waals surface area contributed by atoms with Gasteiger partial charge < -0.3 is 19.9 Å². The zero-order valence-corrected chi connectivity index (χ0v) is 17.1. The first kappa shape index (κ1) is 20.9. The molecule has 0 aromatic heterocycles. The lowest BCUT2D eigenvalue weighted by molar-refractivity contribution is -0.118. The molecule has 0 spiro atoms. The van der Waals surface area contributed by atoms with E-state index in [0.717, 1.165) is 22.4 Å². The van der Waals surface area contributed by atoms with Crippen LogP contribution in [0.1, 0.15) is 27.0 Å². The van der Waals surface area contributed by atoms with Crippen LogP contribution >= 0.6 is 0 Å². The van der Waals surface area contributed by atoms with Gasteiger partial charge in [-0.2, -0.15) is 0 Å². The lowest BCUT2D eigenvalue weighted by atomic mass is 10.1. The van der Waals surface area contributed by atoms with Gasteiger partial charge in [0.25, 0.3) is 5.91 Å². The minimum atomic E-state index is -1.05. The summed E-state index contributed by atoms with van der Waals surface area (Å²) in [4.78, 5) is 23.3. The second-order valence-corrected chi connectivity index (χ2v) is 7.07. The summed E-state index contributed by atoms with van der Waals surface area (Å²) < 4.78 is 11.4. The number of carbonyl (C=O) groups excluding carboxylic acids is 1. The summed E-state index contributed by atoms with van der Waals surface area (Å²) in [5, 5.41) is 11.8. The van der Waals surface area contributed by atoms with Crippen LogP contribution in [-0.2, 0) is 4.79 Å². The third-order valence-corrected chi connectivity index (χ3v) is 4.38. The van der Waals surface area contributed by atoms with E-state index in [1.165, 1.54) is 12.1 Å². The van der Waals surface area contributed by atoms with Gasteiger partial charge in [0.15, 0.2) is 6.61 Å². The highest BCUT2D eigenvalue weighted by molar-refractivity contribution is 5.95. The fourth-order valence-electron chi connectivity index (χ4n) is 2.96. The lowest BCUT2D eigenvalue weighted by Gasteiger charge is -2.11. The van der Waals surface area contributed by atoms with Crippen LogP contribution < -0.4 is 14.8 Å². The molecule has 30 heavy (non-hydrogen) atoms. The molecule has 0 fully saturated rings. The second-order valence-electron chi connectivity index (χ2n) is 7.07. The van der Waals surface area contributed by atoms with E-state index in [2.05, 4.69) is 11.4 Å². The number of rotatable bonds is 7.